The summed E-state index contributed by atoms with van der Waals surface area (Å²) in [5, 5.41) is 3.39. The van der Waals surface area contributed by atoms with E-state index in [1.807, 2.05) is 12.1 Å². The predicted molar refractivity (Wildman–Crippen MR) is 68.4 cm³/mol. The first kappa shape index (κ1) is 11.2. The van der Waals surface area contributed by atoms with Crippen LogP contribution in [0.25, 0.3) is 0 Å². The van der Waals surface area contributed by atoms with Gasteiger partial charge in [0.15, 0.2) is 0 Å². The highest BCUT2D eigenvalue weighted by Gasteiger charge is 2.13. The van der Waals surface area contributed by atoms with Crippen LogP contribution in [-0.4, -0.2) is 26.2 Å². The summed E-state index contributed by atoms with van der Waals surface area (Å²) in [5.74, 6) is 0. The maximum absolute atomic E-state index is 5.96. The summed E-state index contributed by atoms with van der Waals surface area (Å²) in [6.45, 7) is 4.72. The van der Waals surface area contributed by atoms with Crippen molar-refractivity contribution in [1.29, 1.82) is 0 Å². The maximum Gasteiger partial charge on any atom is 0.0433 e. The van der Waals surface area contributed by atoms with Gasteiger partial charge in [0, 0.05) is 43.1 Å². The second kappa shape index (κ2) is 5.18. The van der Waals surface area contributed by atoms with Gasteiger partial charge < -0.3 is 21.7 Å². The van der Waals surface area contributed by atoms with E-state index in [2.05, 4.69) is 16.3 Å². The number of hydrogen-bond acceptors (Lipinski definition) is 4. The summed E-state index contributed by atoms with van der Waals surface area (Å²) < 4.78 is 0. The van der Waals surface area contributed by atoms with E-state index in [0.717, 1.165) is 37.4 Å². The van der Waals surface area contributed by atoms with Crippen molar-refractivity contribution in [1.82, 2.24) is 5.32 Å². The molecule has 1 aromatic carbocycles. The summed E-state index contributed by atoms with van der Waals surface area (Å²) in [5.41, 5.74) is 14.8. The molecule has 1 fully saturated rings. The molecule has 0 saturated carbocycles. The van der Waals surface area contributed by atoms with Crippen LogP contribution in [0.2, 0.25) is 0 Å². The van der Waals surface area contributed by atoms with Gasteiger partial charge in [0.05, 0.1) is 0 Å². The standard InChI is InChI=1S/C12H20N4/c13-9-10-11(14)3-1-4-12(10)16-7-2-5-15-6-8-16/h1,3-4,15H,2,5-9,13-14H2. The van der Waals surface area contributed by atoms with Gasteiger partial charge in [0.1, 0.15) is 0 Å². The molecule has 4 nitrogen and oxygen atoms in total. The van der Waals surface area contributed by atoms with Gasteiger partial charge in [-0.1, -0.05) is 6.07 Å². The second-order valence-electron chi connectivity index (χ2n) is 4.14. The smallest absolute Gasteiger partial charge is 0.0433 e. The van der Waals surface area contributed by atoms with Crippen LogP contribution in [0.4, 0.5) is 11.4 Å². The Balaban J connectivity index is 2.27. The van der Waals surface area contributed by atoms with Crippen molar-refractivity contribution in [3.8, 4) is 0 Å². The third-order valence-corrected chi connectivity index (χ3v) is 3.07. The van der Waals surface area contributed by atoms with E-state index < -0.39 is 0 Å². The zero-order valence-electron chi connectivity index (χ0n) is 9.58. The minimum atomic E-state index is 0.506. The number of nitrogen functional groups attached to an aromatic ring is 1. The second-order valence-corrected chi connectivity index (χ2v) is 4.14. The highest BCUT2D eigenvalue weighted by Crippen LogP contribution is 2.25. The van der Waals surface area contributed by atoms with Crippen LogP contribution < -0.4 is 21.7 Å². The third kappa shape index (κ3) is 2.28. The van der Waals surface area contributed by atoms with Gasteiger partial charge in [-0.2, -0.15) is 0 Å². The van der Waals surface area contributed by atoms with Gasteiger partial charge in [-0.05, 0) is 25.1 Å². The Labute approximate surface area is 96.6 Å². The molecule has 1 saturated heterocycles. The fraction of sp³-hybridized carbons (Fsp3) is 0.500. The molecule has 0 spiro atoms. The number of nitrogens with two attached hydrogens (primary N) is 2. The van der Waals surface area contributed by atoms with Crippen molar-refractivity contribution >= 4 is 11.4 Å². The van der Waals surface area contributed by atoms with Crippen LogP contribution >= 0.6 is 0 Å². The van der Waals surface area contributed by atoms with E-state index in [-0.39, 0.29) is 0 Å². The molecule has 16 heavy (non-hydrogen) atoms. The summed E-state index contributed by atoms with van der Waals surface area (Å²) in [6.07, 6.45) is 1.17. The molecule has 1 aromatic rings. The van der Waals surface area contributed by atoms with Gasteiger partial charge >= 0.3 is 0 Å². The first-order chi connectivity index (χ1) is 7.83. The van der Waals surface area contributed by atoms with E-state index in [1.54, 1.807) is 0 Å². The molecule has 0 atom stereocenters. The first-order valence-corrected chi connectivity index (χ1v) is 5.86. The molecule has 1 aliphatic heterocycles. The van der Waals surface area contributed by atoms with Crippen LogP contribution in [0.15, 0.2) is 18.2 Å². The fourth-order valence-corrected chi connectivity index (χ4v) is 2.20. The first-order valence-electron chi connectivity index (χ1n) is 5.86. The van der Waals surface area contributed by atoms with E-state index in [9.17, 15) is 0 Å². The third-order valence-electron chi connectivity index (χ3n) is 3.07. The minimum Gasteiger partial charge on any atom is -0.398 e. The maximum atomic E-state index is 5.96. The van der Waals surface area contributed by atoms with E-state index in [1.165, 1.54) is 12.1 Å². The van der Waals surface area contributed by atoms with E-state index >= 15 is 0 Å². The van der Waals surface area contributed by atoms with E-state index in [4.69, 9.17) is 11.5 Å². The molecule has 2 rings (SSSR count). The lowest BCUT2D eigenvalue weighted by atomic mass is 10.1. The molecule has 1 heterocycles. The molecule has 0 bridgehead atoms. The highest BCUT2D eigenvalue weighted by atomic mass is 15.2. The molecule has 0 radical (unpaired) electrons. The minimum absolute atomic E-state index is 0.506. The molecule has 4 heteroatoms. The van der Waals surface area contributed by atoms with Gasteiger partial charge in [-0.15, -0.1) is 0 Å². The molecule has 88 valence electrons. The number of hydrogen-bond donors (Lipinski definition) is 3. The fourth-order valence-electron chi connectivity index (χ4n) is 2.20. The lowest BCUT2D eigenvalue weighted by Crippen LogP contribution is -2.29. The molecular formula is C12H20N4. The largest absolute Gasteiger partial charge is 0.398 e. The van der Waals surface area contributed by atoms with E-state index in [0.29, 0.717) is 6.54 Å². The van der Waals surface area contributed by atoms with Gasteiger partial charge in [-0.3, -0.25) is 0 Å². The number of anilines is 2. The predicted octanol–water partition coefficient (Wildman–Crippen LogP) is 0.527. The number of rotatable bonds is 2. The zero-order valence-corrected chi connectivity index (χ0v) is 9.58. The van der Waals surface area contributed by atoms with Crippen molar-refractivity contribution in [2.24, 2.45) is 5.73 Å². The topological polar surface area (TPSA) is 67.3 Å². The van der Waals surface area contributed by atoms with Crippen LogP contribution in [-0.2, 0) is 6.54 Å². The summed E-state index contributed by atoms with van der Waals surface area (Å²) >= 11 is 0. The molecule has 1 aliphatic rings. The van der Waals surface area contributed by atoms with Crippen molar-refractivity contribution < 1.29 is 0 Å². The van der Waals surface area contributed by atoms with Crippen LogP contribution in [0.3, 0.4) is 0 Å². The van der Waals surface area contributed by atoms with Gasteiger partial charge in [0.25, 0.3) is 0 Å². The number of benzene rings is 1. The number of nitrogens with one attached hydrogen (secondary N) is 1. The normalized spacial score (nSPS) is 17.2. The molecule has 5 N–H and O–H groups in total. The SMILES string of the molecule is NCc1c(N)cccc1N1CCCNCC1. The van der Waals surface area contributed by atoms with Crippen LogP contribution in [0.1, 0.15) is 12.0 Å². The summed E-state index contributed by atoms with van der Waals surface area (Å²) in [4.78, 5) is 2.37. The Bertz CT molecular complexity index is 343. The average molecular weight is 220 g/mol. The lowest BCUT2D eigenvalue weighted by molar-refractivity contribution is 0.724. The van der Waals surface area contributed by atoms with Crippen molar-refractivity contribution in [2.45, 2.75) is 13.0 Å². The molecule has 0 amide bonds. The molecule has 0 aromatic heterocycles. The van der Waals surface area contributed by atoms with Crippen LogP contribution in [0.5, 0.6) is 0 Å². The Hall–Kier alpha value is -1.26. The zero-order chi connectivity index (χ0) is 11.4. The Kier molecular flexibility index (Phi) is 3.64. The summed E-state index contributed by atoms with van der Waals surface area (Å²) in [7, 11) is 0. The van der Waals surface area contributed by atoms with Gasteiger partial charge in [-0.25, -0.2) is 0 Å². The highest BCUT2D eigenvalue weighted by molar-refractivity contribution is 5.64. The van der Waals surface area contributed by atoms with Crippen LogP contribution in [0, 0.1) is 0 Å². The molecular weight excluding hydrogens is 200 g/mol. The quantitative estimate of drug-likeness (QED) is 0.636. The Morgan fingerprint density at radius 3 is 2.94 bits per heavy atom. The average Bonchev–Trinajstić information content (AvgIpc) is 2.57. The Morgan fingerprint density at radius 1 is 1.25 bits per heavy atom. The molecule has 0 aliphatic carbocycles. The lowest BCUT2D eigenvalue weighted by Gasteiger charge is -2.25. The van der Waals surface area contributed by atoms with Crippen molar-refractivity contribution in [3.63, 3.8) is 0 Å². The molecule has 0 unspecified atom stereocenters. The van der Waals surface area contributed by atoms with Crippen molar-refractivity contribution in [3.05, 3.63) is 23.8 Å². The monoisotopic (exact) mass is 220 g/mol. The Morgan fingerprint density at radius 2 is 2.12 bits per heavy atom. The van der Waals surface area contributed by atoms with Crippen molar-refractivity contribution in [2.75, 3.05) is 36.8 Å². The van der Waals surface area contributed by atoms with Gasteiger partial charge in [0.2, 0.25) is 0 Å². The number of nitrogens with zero attached hydrogens (tertiary/aromatic N) is 1. The summed E-state index contributed by atoms with van der Waals surface area (Å²) in [6, 6.07) is 6.04.